The first-order chi connectivity index (χ1) is 16.4. The molecule has 7 rings (SSSR count). The Kier molecular flexibility index (Phi) is 3.80. The van der Waals surface area contributed by atoms with E-state index < -0.39 is 5.41 Å². The highest BCUT2D eigenvalue weighted by Gasteiger charge is 2.50. The highest BCUT2D eigenvalue weighted by atomic mass is 16.5. The summed E-state index contributed by atoms with van der Waals surface area (Å²) in [5.41, 5.74) is 9.25. The second-order valence-electron chi connectivity index (χ2n) is 8.64. The van der Waals surface area contributed by atoms with Crippen LogP contribution in [0.1, 0.15) is 22.3 Å². The number of anilines is 2. The van der Waals surface area contributed by atoms with Gasteiger partial charge in [-0.15, -0.1) is 0 Å². The van der Waals surface area contributed by atoms with Crippen LogP contribution in [0.5, 0.6) is 11.5 Å². The molecule has 1 spiro atoms. The zero-order valence-electron chi connectivity index (χ0n) is 18.0. The van der Waals surface area contributed by atoms with Gasteiger partial charge in [0, 0.05) is 22.5 Å². The molecule has 0 bridgehead atoms. The summed E-state index contributed by atoms with van der Waals surface area (Å²) in [6, 6.07) is 42.8. The van der Waals surface area contributed by atoms with Crippen LogP contribution >= 0.6 is 0 Å². The minimum atomic E-state index is -0.425. The molecule has 5 aromatic rings. The third-order valence-electron chi connectivity index (χ3n) is 6.91. The minimum Gasteiger partial charge on any atom is -0.457 e. The summed E-state index contributed by atoms with van der Waals surface area (Å²) >= 11 is 0. The van der Waals surface area contributed by atoms with E-state index in [2.05, 4.69) is 121 Å². The van der Waals surface area contributed by atoms with Gasteiger partial charge in [-0.3, -0.25) is 0 Å². The lowest BCUT2D eigenvalue weighted by molar-refractivity contribution is 0.436. The molecule has 5 aromatic carbocycles. The first-order valence-corrected chi connectivity index (χ1v) is 11.3. The standard InChI is InChI=1S/C31H21NO/c1-2-10-21(11-3-1)32-22-18-19-24-23-12-4-5-13-25(23)31(28(24)20-22)26-14-6-8-16-29(26)33-30-17-9-7-15-27(30)31/h1-20,32H. The van der Waals surface area contributed by atoms with Gasteiger partial charge in [-0.2, -0.15) is 0 Å². The van der Waals surface area contributed by atoms with Gasteiger partial charge in [-0.1, -0.05) is 84.9 Å². The largest absolute Gasteiger partial charge is 0.457 e. The van der Waals surface area contributed by atoms with E-state index in [4.69, 9.17) is 4.74 Å². The topological polar surface area (TPSA) is 21.3 Å². The van der Waals surface area contributed by atoms with Crippen LogP contribution < -0.4 is 10.1 Å². The molecule has 1 aliphatic heterocycles. The monoisotopic (exact) mass is 423 g/mol. The van der Waals surface area contributed by atoms with Gasteiger partial charge in [0.2, 0.25) is 0 Å². The van der Waals surface area contributed by atoms with E-state index in [0.717, 1.165) is 22.9 Å². The maximum Gasteiger partial charge on any atom is 0.132 e. The third kappa shape index (κ3) is 2.49. The van der Waals surface area contributed by atoms with Gasteiger partial charge < -0.3 is 10.1 Å². The molecule has 0 radical (unpaired) electrons. The molecule has 0 amide bonds. The van der Waals surface area contributed by atoms with Crippen molar-refractivity contribution in [1.29, 1.82) is 0 Å². The van der Waals surface area contributed by atoms with Crippen LogP contribution in [0, 0.1) is 0 Å². The van der Waals surface area contributed by atoms with Crippen LogP contribution in [-0.2, 0) is 5.41 Å². The SMILES string of the molecule is c1ccc(Nc2ccc3c(c2)C2(c4ccccc4Oc4ccccc42)c2ccccc2-3)cc1. The molecule has 156 valence electrons. The van der Waals surface area contributed by atoms with Crippen molar-refractivity contribution in [2.45, 2.75) is 5.41 Å². The molecule has 0 atom stereocenters. The fraction of sp³-hybridized carbons (Fsp3) is 0.0323. The van der Waals surface area contributed by atoms with Crippen molar-refractivity contribution in [1.82, 2.24) is 0 Å². The molecule has 2 heteroatoms. The molecule has 0 unspecified atom stereocenters. The average Bonchev–Trinajstić information content (AvgIpc) is 3.15. The van der Waals surface area contributed by atoms with Gasteiger partial charge in [0.05, 0.1) is 5.41 Å². The number of nitrogens with one attached hydrogen (secondary N) is 1. The highest BCUT2D eigenvalue weighted by molar-refractivity contribution is 5.89. The number of rotatable bonds is 2. The summed E-state index contributed by atoms with van der Waals surface area (Å²) in [5, 5.41) is 3.60. The number of hydrogen-bond acceptors (Lipinski definition) is 2. The molecule has 0 aromatic heterocycles. The molecule has 2 aliphatic rings. The normalized spacial score (nSPS) is 13.9. The lowest BCUT2D eigenvalue weighted by atomic mass is 9.66. The van der Waals surface area contributed by atoms with Gasteiger partial charge in [0.15, 0.2) is 0 Å². The molecule has 33 heavy (non-hydrogen) atoms. The smallest absolute Gasteiger partial charge is 0.132 e. The summed E-state index contributed by atoms with van der Waals surface area (Å²) < 4.78 is 6.40. The van der Waals surface area contributed by atoms with Crippen LogP contribution in [0.15, 0.2) is 121 Å². The van der Waals surface area contributed by atoms with Gasteiger partial charge in [0.1, 0.15) is 11.5 Å². The van der Waals surface area contributed by atoms with Crippen LogP contribution in [0.3, 0.4) is 0 Å². The molecule has 2 nitrogen and oxygen atoms in total. The molecular weight excluding hydrogens is 402 g/mol. The Morgan fingerprint density at radius 3 is 1.76 bits per heavy atom. The van der Waals surface area contributed by atoms with Gasteiger partial charge in [-0.25, -0.2) is 0 Å². The molecule has 1 heterocycles. The number of fused-ring (bicyclic) bond motifs is 9. The molecular formula is C31H21NO. The van der Waals surface area contributed by atoms with E-state index in [-0.39, 0.29) is 0 Å². The van der Waals surface area contributed by atoms with E-state index in [1.165, 1.54) is 33.4 Å². The lowest BCUT2D eigenvalue weighted by Gasteiger charge is -2.39. The Morgan fingerprint density at radius 1 is 0.455 bits per heavy atom. The van der Waals surface area contributed by atoms with E-state index in [1.54, 1.807) is 0 Å². The van der Waals surface area contributed by atoms with Crippen molar-refractivity contribution < 1.29 is 4.74 Å². The van der Waals surface area contributed by atoms with Crippen molar-refractivity contribution in [3.05, 3.63) is 144 Å². The Labute approximate surface area is 193 Å². The van der Waals surface area contributed by atoms with Crippen molar-refractivity contribution in [3.8, 4) is 22.6 Å². The maximum absolute atomic E-state index is 6.40. The Balaban J connectivity index is 1.56. The fourth-order valence-corrected chi connectivity index (χ4v) is 5.62. The quantitative estimate of drug-likeness (QED) is 0.305. The van der Waals surface area contributed by atoms with Crippen molar-refractivity contribution in [2.24, 2.45) is 0 Å². The molecule has 0 fully saturated rings. The van der Waals surface area contributed by atoms with Crippen molar-refractivity contribution in [2.75, 3.05) is 5.32 Å². The zero-order chi connectivity index (χ0) is 21.8. The fourth-order valence-electron chi connectivity index (χ4n) is 5.62. The van der Waals surface area contributed by atoms with Crippen LogP contribution in [0.4, 0.5) is 11.4 Å². The van der Waals surface area contributed by atoms with Crippen molar-refractivity contribution >= 4 is 11.4 Å². The summed E-state index contributed by atoms with van der Waals surface area (Å²) in [6.45, 7) is 0. The summed E-state index contributed by atoms with van der Waals surface area (Å²) in [6.07, 6.45) is 0. The maximum atomic E-state index is 6.40. The number of benzene rings is 5. The Morgan fingerprint density at radius 2 is 1.03 bits per heavy atom. The highest BCUT2D eigenvalue weighted by Crippen LogP contribution is 2.62. The first kappa shape index (κ1) is 18.3. The molecule has 1 N–H and O–H groups in total. The lowest BCUT2D eigenvalue weighted by Crippen LogP contribution is -2.32. The van der Waals surface area contributed by atoms with E-state index >= 15 is 0 Å². The Hall–Kier alpha value is -4.30. The van der Waals surface area contributed by atoms with Gasteiger partial charge in [0.25, 0.3) is 0 Å². The predicted octanol–water partition coefficient (Wildman–Crippen LogP) is 7.90. The van der Waals surface area contributed by atoms with Gasteiger partial charge >= 0.3 is 0 Å². The van der Waals surface area contributed by atoms with Crippen LogP contribution in [0.2, 0.25) is 0 Å². The average molecular weight is 424 g/mol. The van der Waals surface area contributed by atoms with E-state index in [1.807, 2.05) is 6.07 Å². The van der Waals surface area contributed by atoms with E-state index in [9.17, 15) is 0 Å². The van der Waals surface area contributed by atoms with Crippen LogP contribution in [-0.4, -0.2) is 0 Å². The summed E-state index contributed by atoms with van der Waals surface area (Å²) in [7, 11) is 0. The summed E-state index contributed by atoms with van der Waals surface area (Å²) in [4.78, 5) is 0. The first-order valence-electron chi connectivity index (χ1n) is 11.3. The number of para-hydroxylation sites is 3. The molecule has 1 aliphatic carbocycles. The number of hydrogen-bond donors (Lipinski definition) is 1. The molecule has 0 saturated carbocycles. The van der Waals surface area contributed by atoms with Crippen molar-refractivity contribution in [3.63, 3.8) is 0 Å². The predicted molar refractivity (Wildman–Crippen MR) is 134 cm³/mol. The second kappa shape index (κ2) is 6.85. The molecule has 0 saturated heterocycles. The van der Waals surface area contributed by atoms with E-state index in [0.29, 0.717) is 0 Å². The second-order valence-corrected chi connectivity index (χ2v) is 8.64. The third-order valence-corrected chi connectivity index (χ3v) is 6.91. The van der Waals surface area contributed by atoms with Crippen LogP contribution in [0.25, 0.3) is 11.1 Å². The minimum absolute atomic E-state index is 0.425. The summed E-state index contributed by atoms with van der Waals surface area (Å²) in [5.74, 6) is 1.83. The Bertz CT molecular complexity index is 1470. The zero-order valence-corrected chi connectivity index (χ0v) is 18.0. The number of ether oxygens (including phenoxy) is 1. The van der Waals surface area contributed by atoms with Gasteiger partial charge in [-0.05, 0) is 58.7 Å².